The van der Waals surface area contributed by atoms with Crippen LogP contribution in [0.15, 0.2) is 29.6 Å². The topological polar surface area (TPSA) is 64.3 Å². The lowest BCUT2D eigenvalue weighted by Gasteiger charge is -2.22. The van der Waals surface area contributed by atoms with Gasteiger partial charge in [0.05, 0.1) is 24.4 Å². The summed E-state index contributed by atoms with van der Waals surface area (Å²) in [5.74, 6) is 0.610. The van der Waals surface area contributed by atoms with Crippen LogP contribution in [0.4, 0.5) is 11.4 Å². The van der Waals surface area contributed by atoms with Gasteiger partial charge in [-0.15, -0.1) is 23.7 Å². The summed E-state index contributed by atoms with van der Waals surface area (Å²) in [5.41, 5.74) is 8.26. The van der Waals surface area contributed by atoms with Gasteiger partial charge in [0.15, 0.2) is 0 Å². The first kappa shape index (κ1) is 16.6. The first-order valence-corrected chi connectivity index (χ1v) is 7.87. The first-order chi connectivity index (χ1) is 10.2. The summed E-state index contributed by atoms with van der Waals surface area (Å²) in [6.07, 6.45) is 3.02. The first-order valence-electron chi connectivity index (χ1n) is 6.99. The van der Waals surface area contributed by atoms with Crippen molar-refractivity contribution in [3.8, 4) is 5.75 Å². The number of amides is 1. The second-order valence-electron chi connectivity index (χ2n) is 5.19. The van der Waals surface area contributed by atoms with E-state index in [9.17, 15) is 4.79 Å². The molecule has 1 aliphatic carbocycles. The molecule has 0 fully saturated rings. The zero-order valence-corrected chi connectivity index (χ0v) is 13.9. The molecular weight excluding hydrogens is 320 g/mol. The van der Waals surface area contributed by atoms with Crippen molar-refractivity contribution < 1.29 is 9.53 Å². The second kappa shape index (κ2) is 7.03. The number of aryl methyl sites for hydroxylation is 1. The van der Waals surface area contributed by atoms with E-state index in [2.05, 4.69) is 16.8 Å². The number of hydrogen-bond acceptors (Lipinski definition) is 4. The fraction of sp³-hybridized carbons (Fsp3) is 0.312. The smallest absolute Gasteiger partial charge is 0.232 e. The average molecular weight is 339 g/mol. The molecule has 22 heavy (non-hydrogen) atoms. The van der Waals surface area contributed by atoms with Crippen molar-refractivity contribution >= 4 is 41.0 Å². The van der Waals surface area contributed by atoms with Crippen molar-refractivity contribution in [2.75, 3.05) is 18.2 Å². The lowest BCUT2D eigenvalue weighted by Crippen LogP contribution is -2.24. The van der Waals surface area contributed by atoms with E-state index in [4.69, 9.17) is 10.5 Å². The van der Waals surface area contributed by atoms with Crippen LogP contribution in [-0.4, -0.2) is 13.0 Å². The van der Waals surface area contributed by atoms with E-state index in [0.29, 0.717) is 17.1 Å². The van der Waals surface area contributed by atoms with Crippen molar-refractivity contribution in [2.45, 2.75) is 25.2 Å². The number of ether oxygens (including phenoxy) is 1. The van der Waals surface area contributed by atoms with Crippen molar-refractivity contribution in [1.82, 2.24) is 0 Å². The van der Waals surface area contributed by atoms with Gasteiger partial charge in [0.2, 0.25) is 5.91 Å². The zero-order valence-electron chi connectivity index (χ0n) is 12.3. The normalized spacial score (nSPS) is 16.3. The SMILES string of the molecule is COc1ccc(N)c(NC(=O)C2CCCc3sccc32)c1.Cl. The Bertz CT molecular complexity index is 672. The molecule has 4 nitrogen and oxygen atoms in total. The number of thiophene rings is 1. The van der Waals surface area contributed by atoms with Crippen LogP contribution in [0.25, 0.3) is 0 Å². The molecule has 1 heterocycles. The van der Waals surface area contributed by atoms with E-state index in [1.165, 1.54) is 10.4 Å². The predicted octanol–water partition coefficient (Wildman–Crippen LogP) is 3.82. The van der Waals surface area contributed by atoms with Crippen LogP contribution in [0.1, 0.15) is 29.2 Å². The summed E-state index contributed by atoms with van der Waals surface area (Å²) < 4.78 is 5.18. The summed E-state index contributed by atoms with van der Waals surface area (Å²) in [6, 6.07) is 7.34. The quantitative estimate of drug-likeness (QED) is 0.836. The highest BCUT2D eigenvalue weighted by Crippen LogP contribution is 2.36. The van der Waals surface area contributed by atoms with Crippen molar-refractivity contribution in [3.63, 3.8) is 0 Å². The predicted molar refractivity (Wildman–Crippen MR) is 93.3 cm³/mol. The highest BCUT2D eigenvalue weighted by Gasteiger charge is 2.27. The molecule has 1 aromatic carbocycles. The number of anilines is 2. The van der Waals surface area contributed by atoms with Crippen molar-refractivity contribution in [3.05, 3.63) is 40.1 Å². The van der Waals surface area contributed by atoms with Gasteiger partial charge < -0.3 is 15.8 Å². The Balaban J connectivity index is 0.00000176. The molecule has 0 radical (unpaired) electrons. The Morgan fingerprint density at radius 3 is 3.00 bits per heavy atom. The molecule has 1 atom stereocenters. The molecule has 1 aliphatic rings. The fourth-order valence-electron chi connectivity index (χ4n) is 2.75. The third kappa shape index (κ3) is 3.20. The Kier molecular flexibility index (Phi) is 5.32. The van der Waals surface area contributed by atoms with Crippen LogP contribution in [0.2, 0.25) is 0 Å². The van der Waals surface area contributed by atoms with Crippen LogP contribution in [0.5, 0.6) is 5.75 Å². The minimum Gasteiger partial charge on any atom is -0.497 e. The molecule has 0 saturated heterocycles. The van der Waals surface area contributed by atoms with Crippen LogP contribution >= 0.6 is 23.7 Å². The largest absolute Gasteiger partial charge is 0.497 e. The van der Waals surface area contributed by atoms with E-state index in [1.807, 2.05) is 0 Å². The number of carbonyl (C=O) groups is 1. The van der Waals surface area contributed by atoms with Crippen molar-refractivity contribution in [1.29, 1.82) is 0 Å². The Morgan fingerprint density at radius 1 is 1.41 bits per heavy atom. The average Bonchev–Trinajstić information content (AvgIpc) is 2.97. The summed E-state index contributed by atoms with van der Waals surface area (Å²) in [4.78, 5) is 13.9. The number of hydrogen-bond donors (Lipinski definition) is 2. The number of nitrogens with one attached hydrogen (secondary N) is 1. The monoisotopic (exact) mass is 338 g/mol. The van der Waals surface area contributed by atoms with Gasteiger partial charge in [-0.2, -0.15) is 0 Å². The van der Waals surface area contributed by atoms with Gasteiger partial charge in [-0.25, -0.2) is 0 Å². The van der Waals surface area contributed by atoms with Gasteiger partial charge >= 0.3 is 0 Å². The summed E-state index contributed by atoms with van der Waals surface area (Å²) in [5, 5.41) is 5.01. The molecule has 6 heteroatoms. The number of nitrogens with two attached hydrogens (primary N) is 1. The van der Waals surface area contributed by atoms with Gasteiger partial charge in [0.25, 0.3) is 0 Å². The molecule has 1 aromatic heterocycles. The molecule has 1 unspecified atom stereocenters. The van der Waals surface area contributed by atoms with Crippen LogP contribution in [-0.2, 0) is 11.2 Å². The molecule has 3 rings (SSSR count). The minimum atomic E-state index is -0.0781. The zero-order chi connectivity index (χ0) is 14.8. The Labute approximate surface area is 140 Å². The molecule has 118 valence electrons. The molecule has 0 spiro atoms. The molecule has 3 N–H and O–H groups in total. The second-order valence-corrected chi connectivity index (χ2v) is 6.19. The fourth-order valence-corrected chi connectivity index (χ4v) is 3.74. The maximum Gasteiger partial charge on any atom is 0.232 e. The molecule has 2 aromatic rings. The number of fused-ring (bicyclic) bond motifs is 1. The van der Waals surface area contributed by atoms with Gasteiger partial charge in [-0.3, -0.25) is 4.79 Å². The van der Waals surface area contributed by atoms with Gasteiger partial charge in [-0.05, 0) is 48.4 Å². The molecular formula is C16H19ClN2O2S. The van der Waals surface area contributed by atoms with E-state index in [-0.39, 0.29) is 24.2 Å². The molecule has 0 aliphatic heterocycles. The van der Waals surface area contributed by atoms with Crippen LogP contribution in [0.3, 0.4) is 0 Å². The minimum absolute atomic E-state index is 0. The lowest BCUT2D eigenvalue weighted by atomic mass is 9.87. The maximum absolute atomic E-state index is 12.6. The number of carbonyl (C=O) groups excluding carboxylic acids is 1. The number of halogens is 1. The Morgan fingerprint density at radius 2 is 2.23 bits per heavy atom. The van der Waals surface area contributed by atoms with E-state index < -0.39 is 0 Å². The van der Waals surface area contributed by atoms with E-state index in [0.717, 1.165) is 19.3 Å². The third-order valence-electron chi connectivity index (χ3n) is 3.89. The lowest BCUT2D eigenvalue weighted by molar-refractivity contribution is -0.117. The molecule has 1 amide bonds. The van der Waals surface area contributed by atoms with E-state index >= 15 is 0 Å². The summed E-state index contributed by atoms with van der Waals surface area (Å²) in [7, 11) is 1.59. The standard InChI is InChI=1S/C16H18N2O2S.ClH/c1-20-10-5-6-13(17)14(9-10)18-16(19)12-3-2-4-15-11(12)7-8-21-15;/h5-9,12H,2-4,17H2,1H3,(H,18,19);1H. The Hall–Kier alpha value is -1.72. The van der Waals surface area contributed by atoms with Crippen molar-refractivity contribution in [2.24, 2.45) is 0 Å². The number of rotatable bonds is 3. The molecule has 0 bridgehead atoms. The van der Waals surface area contributed by atoms with Crippen LogP contribution < -0.4 is 15.8 Å². The van der Waals surface area contributed by atoms with Gasteiger partial charge in [0, 0.05) is 10.9 Å². The summed E-state index contributed by atoms with van der Waals surface area (Å²) >= 11 is 1.74. The highest BCUT2D eigenvalue weighted by atomic mass is 35.5. The van der Waals surface area contributed by atoms with E-state index in [1.54, 1.807) is 36.6 Å². The maximum atomic E-state index is 12.6. The highest BCUT2D eigenvalue weighted by molar-refractivity contribution is 7.10. The number of methoxy groups -OCH3 is 1. The number of benzene rings is 1. The number of nitrogen functional groups attached to an aromatic ring is 1. The van der Waals surface area contributed by atoms with Gasteiger partial charge in [0.1, 0.15) is 5.75 Å². The molecule has 0 saturated carbocycles. The van der Waals surface area contributed by atoms with Gasteiger partial charge in [-0.1, -0.05) is 0 Å². The summed E-state index contributed by atoms with van der Waals surface area (Å²) in [6.45, 7) is 0. The van der Waals surface area contributed by atoms with Crippen LogP contribution in [0, 0.1) is 0 Å². The third-order valence-corrected chi connectivity index (χ3v) is 4.88.